The average Bonchev–Trinajstić information content (AvgIpc) is 2.59. The molecule has 5 nitrogen and oxygen atoms in total. The van der Waals surface area contributed by atoms with Gasteiger partial charge in [0.15, 0.2) is 11.6 Å². The zero-order chi connectivity index (χ0) is 17.8. The normalized spacial score (nSPS) is 20.4. The predicted octanol–water partition coefficient (Wildman–Crippen LogP) is 2.34. The van der Waals surface area contributed by atoms with Crippen molar-refractivity contribution < 1.29 is 19.0 Å². The van der Waals surface area contributed by atoms with Crippen molar-refractivity contribution in [3.05, 3.63) is 59.7 Å². The number of carbonyl (C=O) groups excluding carboxylic acids is 1. The number of ether oxygens (including phenoxy) is 1. The molecule has 1 fully saturated rings. The third-order valence-electron chi connectivity index (χ3n) is 4.60. The zero-order valence-electron chi connectivity index (χ0n) is 14.0. The summed E-state index contributed by atoms with van der Waals surface area (Å²) < 4.78 is 18.7. The maximum Gasteiger partial charge on any atom is 0.251 e. The fourth-order valence-electron chi connectivity index (χ4n) is 3.10. The molecule has 2 aromatic rings. The van der Waals surface area contributed by atoms with Crippen molar-refractivity contribution in [2.75, 3.05) is 7.11 Å². The maximum absolute atomic E-state index is 13.8. The number of carbonyl (C=O) groups is 1. The van der Waals surface area contributed by atoms with Gasteiger partial charge in [0.25, 0.3) is 5.91 Å². The lowest BCUT2D eigenvalue weighted by molar-refractivity contribution is 0.0238. The highest BCUT2D eigenvalue weighted by Crippen LogP contribution is 2.31. The summed E-state index contributed by atoms with van der Waals surface area (Å²) in [5.74, 6) is -0.632. The van der Waals surface area contributed by atoms with Crippen LogP contribution in [-0.4, -0.2) is 35.3 Å². The first kappa shape index (κ1) is 17.4. The van der Waals surface area contributed by atoms with Crippen LogP contribution in [0.25, 0.3) is 0 Å². The highest BCUT2D eigenvalue weighted by Gasteiger charge is 2.35. The van der Waals surface area contributed by atoms with Gasteiger partial charge in [0.2, 0.25) is 0 Å². The number of methoxy groups -OCH3 is 1. The summed E-state index contributed by atoms with van der Waals surface area (Å²) in [7, 11) is 1.38. The summed E-state index contributed by atoms with van der Waals surface area (Å²) in [5.41, 5.74) is 1.11. The van der Waals surface area contributed by atoms with Gasteiger partial charge in [-0.2, -0.15) is 0 Å². The fraction of sp³-hybridized carbons (Fsp3) is 0.368. The van der Waals surface area contributed by atoms with Crippen molar-refractivity contribution in [1.82, 2.24) is 10.3 Å². The van der Waals surface area contributed by atoms with Crippen LogP contribution in [0.2, 0.25) is 0 Å². The quantitative estimate of drug-likeness (QED) is 0.844. The summed E-state index contributed by atoms with van der Waals surface area (Å²) in [6.07, 6.45) is 3.26. The van der Waals surface area contributed by atoms with Crippen molar-refractivity contribution in [2.24, 2.45) is 5.92 Å². The second kappa shape index (κ2) is 7.61. The van der Waals surface area contributed by atoms with Crippen molar-refractivity contribution in [3.63, 3.8) is 0 Å². The van der Waals surface area contributed by atoms with Gasteiger partial charge in [-0.25, -0.2) is 4.39 Å². The number of nitrogens with one attached hydrogen (secondary N) is 1. The van der Waals surface area contributed by atoms with Gasteiger partial charge in [-0.3, -0.25) is 9.78 Å². The number of rotatable bonds is 6. The van der Waals surface area contributed by atoms with Gasteiger partial charge in [0.1, 0.15) is 0 Å². The second-order valence-electron chi connectivity index (χ2n) is 6.34. The summed E-state index contributed by atoms with van der Waals surface area (Å²) >= 11 is 0. The molecule has 0 spiro atoms. The Kier molecular flexibility index (Phi) is 5.28. The molecule has 1 heterocycles. The average molecular weight is 344 g/mol. The van der Waals surface area contributed by atoms with Crippen LogP contribution in [-0.2, 0) is 6.42 Å². The van der Waals surface area contributed by atoms with Gasteiger partial charge < -0.3 is 15.2 Å². The monoisotopic (exact) mass is 344 g/mol. The number of aromatic nitrogens is 1. The molecule has 0 radical (unpaired) electrons. The summed E-state index contributed by atoms with van der Waals surface area (Å²) in [4.78, 5) is 16.8. The molecule has 1 aliphatic rings. The molecule has 1 amide bonds. The summed E-state index contributed by atoms with van der Waals surface area (Å²) in [6, 6.07) is 9.62. The van der Waals surface area contributed by atoms with Crippen molar-refractivity contribution in [1.29, 1.82) is 0 Å². The highest BCUT2D eigenvalue weighted by atomic mass is 19.1. The number of hydrogen-bond donors (Lipinski definition) is 2. The molecule has 1 aliphatic carbocycles. The van der Waals surface area contributed by atoms with Crippen LogP contribution < -0.4 is 10.1 Å². The first-order valence-electron chi connectivity index (χ1n) is 8.29. The van der Waals surface area contributed by atoms with Crippen LogP contribution in [0.4, 0.5) is 4.39 Å². The Bertz CT molecular complexity index is 733. The second-order valence-corrected chi connectivity index (χ2v) is 6.34. The number of aliphatic hydroxyl groups excluding tert-OH is 1. The molecule has 132 valence electrons. The molecule has 1 saturated carbocycles. The SMILES string of the molecule is COc1ccc(C(=O)NC(Cc2ccccn2)C2CC(O)C2)cc1F. The van der Waals surface area contributed by atoms with Crippen molar-refractivity contribution >= 4 is 5.91 Å². The van der Waals surface area contributed by atoms with E-state index in [9.17, 15) is 14.3 Å². The van der Waals surface area contributed by atoms with Gasteiger partial charge in [-0.05, 0) is 49.1 Å². The van der Waals surface area contributed by atoms with Crippen LogP contribution in [0.1, 0.15) is 28.9 Å². The Morgan fingerprint density at radius 2 is 2.20 bits per heavy atom. The highest BCUT2D eigenvalue weighted by molar-refractivity contribution is 5.94. The molecule has 1 atom stereocenters. The van der Waals surface area contributed by atoms with Gasteiger partial charge >= 0.3 is 0 Å². The van der Waals surface area contributed by atoms with E-state index in [0.717, 1.165) is 5.69 Å². The Balaban J connectivity index is 1.73. The summed E-state index contributed by atoms with van der Waals surface area (Å²) in [6.45, 7) is 0. The van der Waals surface area contributed by atoms with E-state index in [0.29, 0.717) is 19.3 Å². The minimum atomic E-state index is -0.574. The van der Waals surface area contributed by atoms with E-state index in [1.807, 2.05) is 18.2 Å². The number of nitrogens with zero attached hydrogens (tertiary/aromatic N) is 1. The largest absolute Gasteiger partial charge is 0.494 e. The van der Waals surface area contributed by atoms with Crippen molar-refractivity contribution in [2.45, 2.75) is 31.4 Å². The third-order valence-corrected chi connectivity index (χ3v) is 4.60. The molecule has 1 aromatic carbocycles. The van der Waals surface area contributed by atoms with Crippen LogP contribution in [0.5, 0.6) is 5.75 Å². The Hall–Kier alpha value is -2.47. The number of aliphatic hydroxyl groups is 1. The molecule has 0 bridgehead atoms. The summed E-state index contributed by atoms with van der Waals surface area (Å²) in [5, 5.41) is 12.6. The van der Waals surface area contributed by atoms with Gasteiger partial charge in [-0.1, -0.05) is 6.07 Å². The van der Waals surface area contributed by atoms with Gasteiger partial charge in [0, 0.05) is 29.9 Å². The lowest BCUT2D eigenvalue weighted by Gasteiger charge is -2.38. The molecule has 2 N–H and O–H groups in total. The van der Waals surface area contributed by atoms with E-state index in [1.54, 1.807) is 6.20 Å². The molecular weight excluding hydrogens is 323 g/mol. The van der Waals surface area contributed by atoms with E-state index in [4.69, 9.17) is 4.74 Å². The Labute approximate surface area is 145 Å². The zero-order valence-corrected chi connectivity index (χ0v) is 14.0. The van der Waals surface area contributed by atoms with E-state index < -0.39 is 5.82 Å². The number of benzene rings is 1. The lowest BCUT2D eigenvalue weighted by Crippen LogP contribution is -2.48. The minimum absolute atomic E-state index is 0.101. The van der Waals surface area contributed by atoms with E-state index in [-0.39, 0.29) is 35.3 Å². The van der Waals surface area contributed by atoms with E-state index >= 15 is 0 Å². The smallest absolute Gasteiger partial charge is 0.251 e. The van der Waals surface area contributed by atoms with E-state index in [1.165, 1.54) is 25.3 Å². The lowest BCUT2D eigenvalue weighted by atomic mass is 9.76. The molecule has 3 rings (SSSR count). The third kappa shape index (κ3) is 4.14. The van der Waals surface area contributed by atoms with Crippen LogP contribution in [0.3, 0.4) is 0 Å². The standard InChI is InChI=1S/C19H21FN2O3/c1-25-18-6-5-12(10-16(18)20)19(24)22-17(13-8-15(23)9-13)11-14-4-2-3-7-21-14/h2-7,10,13,15,17,23H,8-9,11H2,1H3,(H,22,24). The maximum atomic E-state index is 13.8. The molecule has 25 heavy (non-hydrogen) atoms. The number of amides is 1. The topological polar surface area (TPSA) is 71.5 Å². The molecule has 1 unspecified atom stereocenters. The number of pyridine rings is 1. The number of halogens is 1. The molecule has 0 saturated heterocycles. The van der Waals surface area contributed by atoms with Gasteiger partial charge in [0.05, 0.1) is 13.2 Å². The molecule has 1 aromatic heterocycles. The Morgan fingerprint density at radius 3 is 2.80 bits per heavy atom. The van der Waals surface area contributed by atoms with Crippen LogP contribution >= 0.6 is 0 Å². The van der Waals surface area contributed by atoms with Crippen LogP contribution in [0.15, 0.2) is 42.6 Å². The minimum Gasteiger partial charge on any atom is -0.494 e. The van der Waals surface area contributed by atoms with Crippen LogP contribution in [0, 0.1) is 11.7 Å². The molecular formula is C19H21FN2O3. The molecule has 0 aliphatic heterocycles. The number of hydrogen-bond acceptors (Lipinski definition) is 4. The van der Waals surface area contributed by atoms with Crippen molar-refractivity contribution in [3.8, 4) is 5.75 Å². The Morgan fingerprint density at radius 1 is 1.40 bits per heavy atom. The first-order chi connectivity index (χ1) is 12.1. The molecule has 6 heteroatoms. The van der Waals surface area contributed by atoms with Gasteiger partial charge in [-0.15, -0.1) is 0 Å². The predicted molar refractivity (Wildman–Crippen MR) is 90.9 cm³/mol. The first-order valence-corrected chi connectivity index (χ1v) is 8.29. The fourth-order valence-corrected chi connectivity index (χ4v) is 3.10. The van der Waals surface area contributed by atoms with E-state index in [2.05, 4.69) is 10.3 Å².